The van der Waals surface area contributed by atoms with Gasteiger partial charge in [0.15, 0.2) is 5.69 Å². The van der Waals surface area contributed by atoms with Crippen molar-refractivity contribution in [3.05, 3.63) is 44.7 Å². The van der Waals surface area contributed by atoms with Crippen LogP contribution in [0.4, 0.5) is 13.2 Å². The van der Waals surface area contributed by atoms with Crippen LogP contribution in [0.1, 0.15) is 44.9 Å². The third kappa shape index (κ3) is 3.74. The van der Waals surface area contributed by atoms with Gasteiger partial charge < -0.3 is 10.4 Å². The van der Waals surface area contributed by atoms with Gasteiger partial charge in [0.05, 0.1) is 21.3 Å². The third-order valence-corrected chi connectivity index (χ3v) is 4.59. The number of hydrogen-bond acceptors (Lipinski definition) is 3. The zero-order chi connectivity index (χ0) is 20.1. The second-order valence-corrected chi connectivity index (χ2v) is 6.87. The molecule has 1 saturated carbocycles. The second-order valence-electron chi connectivity index (χ2n) is 6.06. The molecule has 0 unspecified atom stereocenters. The van der Waals surface area contributed by atoms with Crippen molar-refractivity contribution < 1.29 is 27.9 Å². The Morgan fingerprint density at radius 2 is 1.81 bits per heavy atom. The maximum Gasteiger partial charge on any atom is 0.416 e. The molecule has 1 fully saturated rings. The van der Waals surface area contributed by atoms with Gasteiger partial charge in [-0.15, -0.1) is 0 Å². The maximum absolute atomic E-state index is 12.9. The van der Waals surface area contributed by atoms with Gasteiger partial charge in [-0.05, 0) is 31.9 Å². The lowest BCUT2D eigenvalue weighted by molar-refractivity contribution is -0.137. The minimum absolute atomic E-state index is 0.00649. The van der Waals surface area contributed by atoms with Crippen LogP contribution in [0.3, 0.4) is 0 Å². The van der Waals surface area contributed by atoms with Crippen molar-refractivity contribution >= 4 is 35.1 Å². The number of carboxylic acid groups (broad SMARTS) is 1. The van der Waals surface area contributed by atoms with Crippen LogP contribution < -0.4 is 5.32 Å². The number of hydrogen-bond donors (Lipinski definition) is 2. The molecule has 1 aliphatic rings. The highest BCUT2D eigenvalue weighted by molar-refractivity contribution is 6.38. The first-order valence-electron chi connectivity index (χ1n) is 7.71. The van der Waals surface area contributed by atoms with Crippen LogP contribution in [0, 0.1) is 6.92 Å². The molecule has 27 heavy (non-hydrogen) atoms. The predicted molar refractivity (Wildman–Crippen MR) is 90.8 cm³/mol. The maximum atomic E-state index is 12.9. The van der Waals surface area contributed by atoms with Crippen LogP contribution in [0.5, 0.6) is 0 Å². The summed E-state index contributed by atoms with van der Waals surface area (Å²) in [6.07, 6.45) is -3.10. The van der Waals surface area contributed by atoms with Crippen LogP contribution in [0.25, 0.3) is 5.69 Å². The molecule has 0 atom stereocenters. The van der Waals surface area contributed by atoms with E-state index in [1.54, 1.807) is 0 Å². The topological polar surface area (TPSA) is 84.2 Å². The lowest BCUT2D eigenvalue weighted by Gasteiger charge is -2.13. The summed E-state index contributed by atoms with van der Waals surface area (Å²) in [5.74, 6) is -2.09. The Hall–Kier alpha value is -2.26. The van der Waals surface area contributed by atoms with Crippen LogP contribution >= 0.6 is 23.2 Å². The summed E-state index contributed by atoms with van der Waals surface area (Å²) >= 11 is 11.9. The average Bonchev–Trinajstić information content (AvgIpc) is 3.27. The SMILES string of the molecule is Cc1c(C(=O)O)c(C(=O)NC2CC2)nn1-c1c(Cl)cc(C(F)(F)F)cc1Cl. The zero-order valence-corrected chi connectivity index (χ0v) is 15.2. The number of carboxylic acids is 1. The van der Waals surface area contributed by atoms with Crippen molar-refractivity contribution in [3.63, 3.8) is 0 Å². The first-order valence-corrected chi connectivity index (χ1v) is 8.46. The molecule has 2 aromatic rings. The number of halogens is 5. The quantitative estimate of drug-likeness (QED) is 0.778. The summed E-state index contributed by atoms with van der Waals surface area (Å²) < 4.78 is 39.7. The van der Waals surface area contributed by atoms with E-state index in [-0.39, 0.29) is 38.7 Å². The van der Waals surface area contributed by atoms with Gasteiger partial charge in [0.1, 0.15) is 11.3 Å². The van der Waals surface area contributed by atoms with Crippen LogP contribution in [0.2, 0.25) is 10.0 Å². The summed E-state index contributed by atoms with van der Waals surface area (Å²) in [4.78, 5) is 23.9. The summed E-state index contributed by atoms with van der Waals surface area (Å²) in [6.45, 7) is 1.36. The second kappa shape index (κ2) is 6.72. The van der Waals surface area contributed by atoms with Gasteiger partial charge in [-0.2, -0.15) is 18.3 Å². The zero-order valence-electron chi connectivity index (χ0n) is 13.7. The van der Waals surface area contributed by atoms with Gasteiger partial charge in [-0.1, -0.05) is 23.2 Å². The third-order valence-electron chi connectivity index (χ3n) is 4.01. The van der Waals surface area contributed by atoms with Crippen LogP contribution in [-0.2, 0) is 6.18 Å². The van der Waals surface area contributed by atoms with Crippen molar-refractivity contribution in [2.24, 2.45) is 0 Å². The molecule has 3 rings (SSSR count). The van der Waals surface area contributed by atoms with Crippen LogP contribution in [-0.4, -0.2) is 32.8 Å². The van der Waals surface area contributed by atoms with E-state index in [9.17, 15) is 27.9 Å². The smallest absolute Gasteiger partial charge is 0.416 e. The molecular weight excluding hydrogens is 410 g/mol. The Kier molecular flexibility index (Phi) is 4.85. The lowest BCUT2D eigenvalue weighted by atomic mass is 10.1. The van der Waals surface area contributed by atoms with Crippen LogP contribution in [0.15, 0.2) is 12.1 Å². The number of nitrogens with zero attached hydrogens (tertiary/aromatic N) is 2. The number of aromatic nitrogens is 2. The molecule has 144 valence electrons. The van der Waals surface area contributed by atoms with Crippen molar-refractivity contribution in [1.29, 1.82) is 0 Å². The standard InChI is InChI=1S/C16H12Cl2F3N3O3/c1-6-11(15(26)27)12(14(25)22-8-2-3-8)23-24(6)13-9(17)4-7(5-10(13)18)16(19,20)21/h4-5,8H,2-3H2,1H3,(H,22,25)(H,26,27). The summed E-state index contributed by atoms with van der Waals surface area (Å²) in [5.41, 5.74) is -1.93. The van der Waals surface area contributed by atoms with Gasteiger partial charge in [0.25, 0.3) is 5.91 Å². The molecule has 11 heteroatoms. The molecule has 0 bridgehead atoms. The molecule has 6 nitrogen and oxygen atoms in total. The Balaban J connectivity index is 2.15. The number of amides is 1. The molecule has 2 N–H and O–H groups in total. The predicted octanol–water partition coefficient (Wildman–Crippen LogP) is 4.10. The first-order chi connectivity index (χ1) is 12.5. The monoisotopic (exact) mass is 421 g/mol. The van der Waals surface area contributed by atoms with E-state index in [2.05, 4.69) is 10.4 Å². The minimum Gasteiger partial charge on any atom is -0.478 e. The number of benzene rings is 1. The van der Waals surface area contributed by atoms with Crippen molar-refractivity contribution in [1.82, 2.24) is 15.1 Å². The Morgan fingerprint density at radius 1 is 1.26 bits per heavy atom. The highest BCUT2D eigenvalue weighted by atomic mass is 35.5. The highest BCUT2D eigenvalue weighted by Gasteiger charge is 2.34. The van der Waals surface area contributed by atoms with Gasteiger partial charge >= 0.3 is 12.1 Å². The van der Waals surface area contributed by atoms with Crippen molar-refractivity contribution in [3.8, 4) is 5.69 Å². The number of aromatic carboxylic acids is 1. The Bertz CT molecular complexity index is 929. The van der Waals surface area contributed by atoms with Gasteiger partial charge in [0.2, 0.25) is 0 Å². The van der Waals surface area contributed by atoms with E-state index in [0.29, 0.717) is 12.1 Å². The lowest BCUT2D eigenvalue weighted by Crippen LogP contribution is -2.27. The number of carbonyl (C=O) groups is 2. The molecule has 1 aromatic carbocycles. The molecule has 1 amide bonds. The molecule has 1 aromatic heterocycles. The van der Waals surface area contributed by atoms with Crippen molar-refractivity contribution in [2.75, 3.05) is 0 Å². The summed E-state index contributed by atoms with van der Waals surface area (Å²) in [6, 6.07) is 1.28. The fourth-order valence-corrected chi connectivity index (χ4v) is 3.20. The van der Waals surface area contributed by atoms with Gasteiger partial charge in [-0.3, -0.25) is 4.79 Å². The summed E-state index contributed by atoms with van der Waals surface area (Å²) in [7, 11) is 0. The van der Waals surface area contributed by atoms with Gasteiger partial charge in [-0.25, -0.2) is 9.48 Å². The molecule has 1 heterocycles. The average molecular weight is 422 g/mol. The number of nitrogens with one attached hydrogen (secondary N) is 1. The van der Waals surface area contributed by atoms with Gasteiger partial charge in [0, 0.05) is 6.04 Å². The van der Waals surface area contributed by atoms with E-state index in [4.69, 9.17) is 23.2 Å². The molecular formula is C16H12Cl2F3N3O3. The fraction of sp³-hybridized carbons (Fsp3) is 0.312. The molecule has 1 aliphatic carbocycles. The number of alkyl halides is 3. The van der Waals surface area contributed by atoms with E-state index in [1.807, 2.05) is 0 Å². The van der Waals surface area contributed by atoms with E-state index in [0.717, 1.165) is 17.5 Å². The fourth-order valence-electron chi connectivity index (χ4n) is 2.55. The summed E-state index contributed by atoms with van der Waals surface area (Å²) in [5, 5.41) is 15.3. The number of carbonyl (C=O) groups excluding carboxylic acids is 1. The minimum atomic E-state index is -4.66. The first kappa shape index (κ1) is 19.5. The molecule has 0 spiro atoms. The molecule has 0 radical (unpaired) electrons. The normalized spacial score (nSPS) is 14.3. The van der Waals surface area contributed by atoms with E-state index < -0.39 is 23.6 Å². The molecule has 0 saturated heterocycles. The van der Waals surface area contributed by atoms with Crippen molar-refractivity contribution in [2.45, 2.75) is 32.0 Å². The number of rotatable bonds is 4. The Morgan fingerprint density at radius 3 is 2.26 bits per heavy atom. The highest BCUT2D eigenvalue weighted by Crippen LogP contribution is 2.38. The van der Waals surface area contributed by atoms with E-state index in [1.165, 1.54) is 6.92 Å². The largest absolute Gasteiger partial charge is 0.478 e. The van der Waals surface area contributed by atoms with E-state index >= 15 is 0 Å². The Labute approximate surface area is 160 Å². The molecule has 0 aliphatic heterocycles.